The van der Waals surface area contributed by atoms with Crippen LogP contribution in [-0.4, -0.2) is 48.7 Å². The van der Waals surface area contributed by atoms with E-state index >= 15 is 0 Å². The van der Waals surface area contributed by atoms with Crippen molar-refractivity contribution in [1.29, 1.82) is 0 Å². The average Bonchev–Trinajstić information content (AvgIpc) is 3.34. The fraction of sp³-hybridized carbons (Fsp3) is 0.400. The van der Waals surface area contributed by atoms with Gasteiger partial charge in [0.25, 0.3) is 0 Å². The van der Waals surface area contributed by atoms with Gasteiger partial charge in [0, 0.05) is 36.3 Å². The quantitative estimate of drug-likeness (QED) is 0.560. The van der Waals surface area contributed by atoms with Gasteiger partial charge in [-0.1, -0.05) is 36.4 Å². The van der Waals surface area contributed by atoms with Crippen molar-refractivity contribution >= 4 is 16.9 Å². The Hall–Kier alpha value is -2.63. The zero-order chi connectivity index (χ0) is 20.9. The van der Waals surface area contributed by atoms with E-state index in [2.05, 4.69) is 28.1 Å². The molecule has 5 heteroatoms. The van der Waals surface area contributed by atoms with E-state index in [9.17, 15) is 4.79 Å². The molecule has 1 fully saturated rings. The molecule has 0 amide bonds. The summed E-state index contributed by atoms with van der Waals surface area (Å²) in [7, 11) is 1.77. The van der Waals surface area contributed by atoms with Crippen LogP contribution in [0, 0.1) is 6.92 Å². The molecule has 5 nitrogen and oxygen atoms in total. The molecule has 0 bridgehead atoms. The average molecular weight is 407 g/mol. The van der Waals surface area contributed by atoms with E-state index in [4.69, 9.17) is 9.47 Å². The number of benzene rings is 2. The maximum absolute atomic E-state index is 12.8. The predicted octanol–water partition coefficient (Wildman–Crippen LogP) is 4.49. The first kappa shape index (κ1) is 20.6. The summed E-state index contributed by atoms with van der Waals surface area (Å²) in [6.07, 6.45) is 3.40. The third kappa shape index (κ3) is 4.58. The van der Waals surface area contributed by atoms with Gasteiger partial charge >= 0.3 is 5.97 Å². The van der Waals surface area contributed by atoms with Crippen LogP contribution in [0.3, 0.4) is 0 Å². The highest BCUT2D eigenvalue weighted by atomic mass is 16.5. The van der Waals surface area contributed by atoms with Crippen molar-refractivity contribution in [2.24, 2.45) is 0 Å². The number of carbonyl (C=O) groups excluding carboxylic acids is 1. The number of aromatic nitrogens is 1. The molecule has 2 heterocycles. The molecule has 1 aliphatic heterocycles. The van der Waals surface area contributed by atoms with E-state index in [1.54, 1.807) is 7.11 Å². The summed E-state index contributed by atoms with van der Waals surface area (Å²) >= 11 is 0. The molecule has 2 aromatic carbocycles. The number of aryl methyl sites for hydroxylation is 1. The van der Waals surface area contributed by atoms with E-state index in [0.29, 0.717) is 11.6 Å². The predicted molar refractivity (Wildman–Crippen MR) is 119 cm³/mol. The fourth-order valence-electron chi connectivity index (χ4n) is 4.43. The Morgan fingerprint density at radius 2 is 2.00 bits per heavy atom. The number of fused-ring (bicyclic) bond motifs is 1. The van der Waals surface area contributed by atoms with Crippen LogP contribution in [0.2, 0.25) is 0 Å². The molecule has 1 unspecified atom stereocenters. The second-order valence-electron chi connectivity index (χ2n) is 8.10. The number of rotatable bonds is 8. The lowest BCUT2D eigenvalue weighted by atomic mass is 10.1. The first-order valence-electron chi connectivity index (χ1n) is 10.7. The maximum atomic E-state index is 12.8. The molecule has 3 aromatic rings. The molecule has 0 spiro atoms. The minimum absolute atomic E-state index is 0.278. The van der Waals surface area contributed by atoms with Gasteiger partial charge in [-0.2, -0.15) is 0 Å². The number of likely N-dealkylation sites (tertiary alicyclic amines) is 1. The number of carbonyl (C=O) groups is 1. The summed E-state index contributed by atoms with van der Waals surface area (Å²) in [6.45, 7) is 5.15. The summed E-state index contributed by atoms with van der Waals surface area (Å²) in [6, 6.07) is 16.7. The molecule has 4 rings (SSSR count). The fourth-order valence-corrected chi connectivity index (χ4v) is 4.43. The zero-order valence-electron chi connectivity index (χ0n) is 17.8. The van der Waals surface area contributed by atoms with Crippen molar-refractivity contribution in [3.63, 3.8) is 0 Å². The van der Waals surface area contributed by atoms with Crippen LogP contribution in [-0.2, 0) is 22.5 Å². The Labute approximate surface area is 178 Å². The monoisotopic (exact) mass is 406 g/mol. The Balaban J connectivity index is 1.47. The Morgan fingerprint density at radius 1 is 1.17 bits per heavy atom. The molecule has 1 N–H and O–H groups in total. The topological polar surface area (TPSA) is 54.6 Å². The van der Waals surface area contributed by atoms with E-state index in [0.717, 1.165) is 48.3 Å². The van der Waals surface area contributed by atoms with Crippen molar-refractivity contribution in [3.05, 3.63) is 70.9 Å². The van der Waals surface area contributed by atoms with E-state index in [1.165, 1.54) is 18.4 Å². The van der Waals surface area contributed by atoms with Crippen LogP contribution >= 0.6 is 0 Å². The number of nitrogens with one attached hydrogen (secondary N) is 1. The second-order valence-corrected chi connectivity index (χ2v) is 8.10. The lowest BCUT2D eigenvalue weighted by molar-refractivity contribution is 0.0474. The van der Waals surface area contributed by atoms with Crippen molar-refractivity contribution in [2.75, 3.05) is 26.8 Å². The largest absolute Gasteiger partial charge is 0.457 e. The molecule has 1 aliphatic rings. The smallest absolute Gasteiger partial charge is 0.340 e. The van der Waals surface area contributed by atoms with Crippen LogP contribution in [0.25, 0.3) is 10.9 Å². The first-order valence-corrected chi connectivity index (χ1v) is 10.7. The van der Waals surface area contributed by atoms with Crippen molar-refractivity contribution in [3.8, 4) is 0 Å². The molecular formula is C25H30N2O3. The molecule has 0 saturated carbocycles. The highest BCUT2D eigenvalue weighted by Gasteiger charge is 2.24. The third-order valence-corrected chi connectivity index (χ3v) is 6.01. The first-order chi connectivity index (χ1) is 14.7. The summed E-state index contributed by atoms with van der Waals surface area (Å²) in [5, 5.41) is 0.943. The zero-order valence-corrected chi connectivity index (χ0v) is 17.8. The Morgan fingerprint density at radius 3 is 2.80 bits per heavy atom. The molecular weight excluding hydrogens is 376 g/mol. The summed E-state index contributed by atoms with van der Waals surface area (Å²) in [5.41, 5.74) is 4.68. The molecule has 1 aromatic heterocycles. The lowest BCUT2D eigenvalue weighted by Crippen LogP contribution is -2.34. The molecule has 0 radical (unpaired) electrons. The van der Waals surface area contributed by atoms with Gasteiger partial charge in [0.2, 0.25) is 0 Å². The molecule has 1 atom stereocenters. The van der Waals surface area contributed by atoms with Crippen LogP contribution in [0.15, 0.2) is 48.5 Å². The Kier molecular flexibility index (Phi) is 6.50. The maximum Gasteiger partial charge on any atom is 0.340 e. The van der Waals surface area contributed by atoms with Gasteiger partial charge in [0.15, 0.2) is 0 Å². The van der Waals surface area contributed by atoms with Gasteiger partial charge in [0.05, 0.1) is 12.2 Å². The number of aromatic amines is 1. The number of nitrogens with zero attached hydrogens (tertiary/aromatic N) is 1. The van der Waals surface area contributed by atoms with Crippen LogP contribution in [0.4, 0.5) is 0 Å². The Bertz CT molecular complexity index is 996. The standard InChI is InChI=1S/C25H30N2O3/c1-18-24(25(28)30-16-20-7-4-3-5-8-20)22-15-19(10-11-23(22)26-18)12-14-27-13-6-9-21(27)17-29-2/h3-5,7-8,10-11,15,21,26H,6,9,12-14,16-17H2,1-2H3. The number of ether oxygens (including phenoxy) is 2. The van der Waals surface area contributed by atoms with E-state index in [1.807, 2.05) is 37.3 Å². The highest BCUT2D eigenvalue weighted by Crippen LogP contribution is 2.25. The van der Waals surface area contributed by atoms with E-state index in [-0.39, 0.29) is 12.6 Å². The van der Waals surface area contributed by atoms with Crippen molar-refractivity contribution < 1.29 is 14.3 Å². The molecule has 30 heavy (non-hydrogen) atoms. The number of esters is 1. The normalized spacial score (nSPS) is 16.9. The van der Waals surface area contributed by atoms with Gasteiger partial charge in [-0.3, -0.25) is 4.90 Å². The minimum atomic E-state index is -0.278. The summed E-state index contributed by atoms with van der Waals surface area (Å²) < 4.78 is 11.0. The molecule has 0 aliphatic carbocycles. The number of methoxy groups -OCH3 is 1. The number of hydrogen-bond acceptors (Lipinski definition) is 4. The van der Waals surface area contributed by atoms with Gasteiger partial charge < -0.3 is 14.5 Å². The van der Waals surface area contributed by atoms with Crippen molar-refractivity contribution in [2.45, 2.75) is 38.8 Å². The summed E-state index contributed by atoms with van der Waals surface area (Å²) in [5.74, 6) is -0.278. The SMILES string of the molecule is COCC1CCCN1CCc1ccc2[nH]c(C)c(C(=O)OCc3ccccc3)c2c1. The van der Waals surface area contributed by atoms with Crippen LogP contribution < -0.4 is 0 Å². The number of H-pyrrole nitrogens is 1. The summed E-state index contributed by atoms with van der Waals surface area (Å²) in [4.78, 5) is 18.7. The van der Waals surface area contributed by atoms with Gasteiger partial charge in [-0.05, 0) is 56.0 Å². The highest BCUT2D eigenvalue weighted by molar-refractivity contribution is 6.05. The molecule has 1 saturated heterocycles. The van der Waals surface area contributed by atoms with Crippen LogP contribution in [0.1, 0.15) is 40.0 Å². The second kappa shape index (κ2) is 9.45. The van der Waals surface area contributed by atoms with Gasteiger partial charge in [-0.15, -0.1) is 0 Å². The van der Waals surface area contributed by atoms with Crippen LogP contribution in [0.5, 0.6) is 0 Å². The van der Waals surface area contributed by atoms with Gasteiger partial charge in [0.1, 0.15) is 6.61 Å². The number of hydrogen-bond donors (Lipinski definition) is 1. The van der Waals surface area contributed by atoms with E-state index < -0.39 is 0 Å². The minimum Gasteiger partial charge on any atom is -0.457 e. The molecule has 158 valence electrons. The van der Waals surface area contributed by atoms with Gasteiger partial charge in [-0.25, -0.2) is 4.79 Å². The van der Waals surface area contributed by atoms with Crippen molar-refractivity contribution in [1.82, 2.24) is 9.88 Å². The third-order valence-electron chi connectivity index (χ3n) is 6.01. The lowest BCUT2D eigenvalue weighted by Gasteiger charge is -2.23.